The molecule has 0 radical (unpaired) electrons. The zero-order valence-corrected chi connectivity index (χ0v) is 17.5. The summed E-state index contributed by atoms with van der Waals surface area (Å²) < 4.78 is 13.4. The lowest BCUT2D eigenvalue weighted by atomic mass is 9.93. The molecule has 2 aromatic rings. The van der Waals surface area contributed by atoms with Crippen LogP contribution >= 0.6 is 23.2 Å². The molecule has 1 fully saturated rings. The summed E-state index contributed by atoms with van der Waals surface area (Å²) in [5.74, 6) is 0.00612. The van der Waals surface area contributed by atoms with E-state index in [1.54, 1.807) is 12.1 Å². The average molecular weight is 407 g/mol. The van der Waals surface area contributed by atoms with Crippen molar-refractivity contribution in [3.63, 3.8) is 0 Å². The van der Waals surface area contributed by atoms with E-state index in [1.165, 1.54) is 11.1 Å². The van der Waals surface area contributed by atoms with Crippen LogP contribution in [0.15, 0.2) is 36.4 Å². The molecule has 1 heterocycles. The second-order valence-electron chi connectivity index (χ2n) is 8.46. The highest BCUT2D eigenvalue weighted by molar-refractivity contribution is 6.42. The summed E-state index contributed by atoms with van der Waals surface area (Å²) in [4.78, 5) is 5.00. The van der Waals surface area contributed by atoms with Crippen LogP contribution in [0.4, 0.5) is 4.39 Å². The third kappa shape index (κ3) is 3.51. The molecular formula is C22H25Cl2FN2. The lowest BCUT2D eigenvalue weighted by Gasteiger charge is -2.47. The van der Waals surface area contributed by atoms with Crippen LogP contribution in [0.1, 0.15) is 48.9 Å². The molecule has 0 unspecified atom stereocenters. The number of likely N-dealkylation sites (N-methyl/N-ethyl adjacent to an activating group) is 1. The van der Waals surface area contributed by atoms with E-state index in [2.05, 4.69) is 30.7 Å². The fourth-order valence-corrected chi connectivity index (χ4v) is 4.89. The molecule has 0 aromatic heterocycles. The van der Waals surface area contributed by atoms with Crippen molar-refractivity contribution >= 4 is 23.2 Å². The minimum Gasteiger partial charge on any atom is -0.299 e. The molecule has 2 aromatic carbocycles. The van der Waals surface area contributed by atoms with Crippen molar-refractivity contribution in [3.8, 4) is 0 Å². The first-order valence-corrected chi connectivity index (χ1v) is 10.2. The first kappa shape index (κ1) is 19.2. The molecule has 0 spiro atoms. The number of nitrogens with zero attached hydrogens (tertiary/aromatic N) is 2. The van der Waals surface area contributed by atoms with Gasteiger partial charge in [-0.2, -0.15) is 0 Å². The van der Waals surface area contributed by atoms with Gasteiger partial charge in [0.1, 0.15) is 5.82 Å². The molecule has 4 rings (SSSR count). The minimum atomic E-state index is -0.205. The summed E-state index contributed by atoms with van der Waals surface area (Å²) in [5, 5.41) is 1.19. The van der Waals surface area contributed by atoms with Crippen LogP contribution in [0, 0.1) is 5.82 Å². The van der Waals surface area contributed by atoms with Gasteiger partial charge in [0.05, 0.1) is 10.0 Å². The number of halogens is 3. The monoisotopic (exact) mass is 406 g/mol. The predicted molar refractivity (Wildman–Crippen MR) is 110 cm³/mol. The SMILES string of the molecule is CN1CCN([C@@H]2C[C@@H](c3ccc(F)cc3)c3cc(Cl)c(Cl)cc32)CC1(C)C. The van der Waals surface area contributed by atoms with Gasteiger partial charge in [0.25, 0.3) is 0 Å². The Labute approximate surface area is 170 Å². The van der Waals surface area contributed by atoms with Gasteiger partial charge in [-0.3, -0.25) is 9.80 Å². The maximum Gasteiger partial charge on any atom is 0.123 e. The van der Waals surface area contributed by atoms with E-state index < -0.39 is 0 Å². The molecule has 2 atom stereocenters. The lowest BCUT2D eigenvalue weighted by Crippen LogP contribution is -2.58. The number of fused-ring (bicyclic) bond motifs is 1. The summed E-state index contributed by atoms with van der Waals surface area (Å²) in [5.41, 5.74) is 3.74. The Morgan fingerprint density at radius 2 is 1.63 bits per heavy atom. The number of hydrogen-bond acceptors (Lipinski definition) is 2. The highest BCUT2D eigenvalue weighted by Crippen LogP contribution is 2.49. The van der Waals surface area contributed by atoms with Crippen LogP contribution in [0.3, 0.4) is 0 Å². The Bertz CT molecular complexity index is 850. The standard InChI is InChI=1S/C22H25Cl2FN2/c1-22(2)13-27(9-8-26(22)3)21-12-16(14-4-6-15(25)7-5-14)17-10-19(23)20(24)11-18(17)21/h4-7,10-11,16,21H,8-9,12-13H2,1-3H3/t16-,21+/m0/s1. The molecule has 0 saturated carbocycles. The summed E-state index contributed by atoms with van der Waals surface area (Å²) in [7, 11) is 2.19. The van der Waals surface area contributed by atoms with Gasteiger partial charge in [0, 0.05) is 37.1 Å². The van der Waals surface area contributed by atoms with Crippen LogP contribution < -0.4 is 0 Å². The molecule has 1 aliphatic carbocycles. The van der Waals surface area contributed by atoms with Crippen LogP contribution in [-0.4, -0.2) is 42.0 Å². The van der Waals surface area contributed by atoms with Gasteiger partial charge in [-0.25, -0.2) is 4.39 Å². The fraction of sp³-hybridized carbons (Fsp3) is 0.455. The van der Waals surface area contributed by atoms with E-state index >= 15 is 0 Å². The maximum atomic E-state index is 13.4. The average Bonchev–Trinajstić information content (AvgIpc) is 2.97. The molecule has 5 heteroatoms. The topological polar surface area (TPSA) is 6.48 Å². The van der Waals surface area contributed by atoms with Crippen LogP contribution in [0.5, 0.6) is 0 Å². The molecule has 1 aliphatic heterocycles. The third-order valence-electron chi connectivity index (χ3n) is 6.38. The van der Waals surface area contributed by atoms with E-state index in [0.29, 0.717) is 16.1 Å². The highest BCUT2D eigenvalue weighted by atomic mass is 35.5. The Morgan fingerprint density at radius 3 is 2.26 bits per heavy atom. The quantitative estimate of drug-likeness (QED) is 0.627. The molecule has 1 saturated heterocycles. The molecule has 0 N–H and O–H groups in total. The van der Waals surface area contributed by atoms with E-state index in [0.717, 1.165) is 31.6 Å². The Balaban J connectivity index is 1.73. The first-order valence-electron chi connectivity index (χ1n) is 9.46. The molecule has 144 valence electrons. The number of hydrogen-bond donors (Lipinski definition) is 0. The molecule has 2 aliphatic rings. The summed E-state index contributed by atoms with van der Waals surface area (Å²) in [6, 6.07) is 11.2. The van der Waals surface area contributed by atoms with Gasteiger partial charge in [-0.15, -0.1) is 0 Å². The Hall–Kier alpha value is -1.13. The summed E-state index contributed by atoms with van der Waals surface area (Å²) in [6.45, 7) is 7.66. The van der Waals surface area contributed by atoms with Crippen LogP contribution in [0.25, 0.3) is 0 Å². The van der Waals surface area contributed by atoms with E-state index in [4.69, 9.17) is 23.2 Å². The van der Waals surface area contributed by atoms with Gasteiger partial charge < -0.3 is 0 Å². The van der Waals surface area contributed by atoms with E-state index in [1.807, 2.05) is 24.3 Å². The second kappa shape index (κ2) is 7.04. The molecule has 27 heavy (non-hydrogen) atoms. The zero-order chi connectivity index (χ0) is 19.3. The fourth-order valence-electron chi connectivity index (χ4n) is 4.55. The van der Waals surface area contributed by atoms with Crippen LogP contribution in [0.2, 0.25) is 10.0 Å². The smallest absolute Gasteiger partial charge is 0.123 e. The van der Waals surface area contributed by atoms with Gasteiger partial charge in [0.2, 0.25) is 0 Å². The molecular weight excluding hydrogens is 382 g/mol. The summed E-state index contributed by atoms with van der Waals surface area (Å²) >= 11 is 12.7. The van der Waals surface area contributed by atoms with Gasteiger partial charge in [-0.05, 0) is 68.3 Å². The number of benzene rings is 2. The predicted octanol–water partition coefficient (Wildman–Crippen LogP) is 5.74. The Morgan fingerprint density at radius 1 is 1.00 bits per heavy atom. The first-order chi connectivity index (χ1) is 12.8. The zero-order valence-electron chi connectivity index (χ0n) is 16.0. The van der Waals surface area contributed by atoms with Gasteiger partial charge in [0.15, 0.2) is 0 Å². The van der Waals surface area contributed by atoms with Crippen LogP contribution in [-0.2, 0) is 0 Å². The number of piperazine rings is 1. The molecule has 2 nitrogen and oxygen atoms in total. The van der Waals surface area contributed by atoms with Crippen molar-refractivity contribution in [3.05, 3.63) is 69.0 Å². The van der Waals surface area contributed by atoms with Crippen molar-refractivity contribution in [2.45, 2.75) is 37.8 Å². The molecule has 0 bridgehead atoms. The molecule has 0 amide bonds. The maximum absolute atomic E-state index is 13.4. The van der Waals surface area contributed by atoms with E-state index in [-0.39, 0.29) is 17.3 Å². The van der Waals surface area contributed by atoms with Crippen molar-refractivity contribution < 1.29 is 4.39 Å². The number of rotatable bonds is 2. The second-order valence-corrected chi connectivity index (χ2v) is 9.27. The highest BCUT2D eigenvalue weighted by Gasteiger charge is 2.40. The minimum absolute atomic E-state index is 0.128. The lowest BCUT2D eigenvalue weighted by molar-refractivity contribution is 0.0158. The third-order valence-corrected chi connectivity index (χ3v) is 7.10. The van der Waals surface area contributed by atoms with Gasteiger partial charge >= 0.3 is 0 Å². The van der Waals surface area contributed by atoms with E-state index in [9.17, 15) is 4.39 Å². The largest absolute Gasteiger partial charge is 0.299 e. The normalized spacial score (nSPS) is 25.6. The van der Waals surface area contributed by atoms with Gasteiger partial charge in [-0.1, -0.05) is 35.3 Å². The van der Waals surface area contributed by atoms with Crippen molar-refractivity contribution in [2.75, 3.05) is 26.7 Å². The van der Waals surface area contributed by atoms with Crippen molar-refractivity contribution in [1.29, 1.82) is 0 Å². The van der Waals surface area contributed by atoms with Crippen molar-refractivity contribution in [2.24, 2.45) is 0 Å². The summed E-state index contributed by atoms with van der Waals surface area (Å²) in [6.07, 6.45) is 0.970. The Kier molecular flexibility index (Phi) is 5.00. The van der Waals surface area contributed by atoms with Crippen molar-refractivity contribution in [1.82, 2.24) is 9.80 Å².